The summed E-state index contributed by atoms with van der Waals surface area (Å²) in [4.78, 5) is 33.4. The van der Waals surface area contributed by atoms with Gasteiger partial charge in [-0.25, -0.2) is 4.79 Å². The van der Waals surface area contributed by atoms with Gasteiger partial charge in [-0.1, -0.05) is 24.3 Å². The number of aromatic amines is 1. The number of nitrogens with zero attached hydrogens (tertiary/aromatic N) is 1. The zero-order chi connectivity index (χ0) is 22.3. The number of esters is 2. The van der Waals surface area contributed by atoms with Crippen molar-refractivity contribution in [2.24, 2.45) is 0 Å². The van der Waals surface area contributed by atoms with E-state index in [1.165, 1.54) is 21.1 Å². The molecule has 0 fully saturated rings. The molecule has 30 heavy (non-hydrogen) atoms. The van der Waals surface area contributed by atoms with Crippen LogP contribution in [0, 0.1) is 13.8 Å². The van der Waals surface area contributed by atoms with Crippen LogP contribution in [0.1, 0.15) is 34.1 Å². The summed E-state index contributed by atoms with van der Waals surface area (Å²) in [6.45, 7) is 5.34. The summed E-state index contributed by atoms with van der Waals surface area (Å²) in [6, 6.07) is 11.3. The first-order valence-corrected chi connectivity index (χ1v) is 9.22. The lowest BCUT2D eigenvalue weighted by Crippen LogP contribution is -2.11. The highest BCUT2D eigenvalue weighted by Crippen LogP contribution is 2.19. The topological polar surface area (TPSA) is 110 Å². The van der Waals surface area contributed by atoms with Crippen LogP contribution in [0.15, 0.2) is 36.4 Å². The van der Waals surface area contributed by atoms with Gasteiger partial charge in [-0.2, -0.15) is 5.10 Å². The summed E-state index contributed by atoms with van der Waals surface area (Å²) >= 11 is 0. The van der Waals surface area contributed by atoms with Gasteiger partial charge in [0.25, 0.3) is 0 Å². The minimum atomic E-state index is -0.417. The number of carbonyl (C=O) groups excluding carboxylic acids is 3. The zero-order valence-electron chi connectivity index (χ0n) is 17.7. The van der Waals surface area contributed by atoms with Crippen molar-refractivity contribution < 1.29 is 23.9 Å². The fourth-order valence-corrected chi connectivity index (χ4v) is 2.76. The molecular weight excluding hydrogens is 386 g/mol. The average molecular weight is 411 g/mol. The van der Waals surface area contributed by atoms with E-state index in [4.69, 9.17) is 0 Å². The predicted molar refractivity (Wildman–Crippen MR) is 113 cm³/mol. The molecule has 0 bridgehead atoms. The van der Waals surface area contributed by atoms with Crippen LogP contribution in [0.2, 0.25) is 0 Å². The predicted octanol–water partition coefficient (Wildman–Crippen LogP) is 3.33. The second-order valence-corrected chi connectivity index (χ2v) is 6.71. The van der Waals surface area contributed by atoms with Gasteiger partial charge in [0.15, 0.2) is 5.69 Å². The Morgan fingerprint density at radius 1 is 1.00 bits per heavy atom. The molecule has 8 nitrogen and oxygen atoms in total. The van der Waals surface area contributed by atoms with Crippen LogP contribution < -0.4 is 5.32 Å². The van der Waals surface area contributed by atoms with E-state index in [1.807, 2.05) is 50.2 Å². The number of rotatable bonds is 4. The SMILES string of the molecule is COC(=O)Cc1ccc(C)cc1NC(C)=O.COC(=O)c1n[nH]c2cc(C)ccc12. The molecule has 0 unspecified atom stereocenters. The second-order valence-electron chi connectivity index (χ2n) is 6.71. The van der Waals surface area contributed by atoms with E-state index < -0.39 is 5.97 Å². The minimum absolute atomic E-state index is 0.156. The van der Waals surface area contributed by atoms with Gasteiger partial charge >= 0.3 is 11.9 Å². The molecular formula is C22H25N3O5. The number of ether oxygens (including phenoxy) is 2. The van der Waals surface area contributed by atoms with E-state index in [0.29, 0.717) is 11.4 Å². The van der Waals surface area contributed by atoms with Crippen molar-refractivity contribution in [3.05, 3.63) is 58.8 Å². The Morgan fingerprint density at radius 2 is 1.67 bits per heavy atom. The van der Waals surface area contributed by atoms with Crippen molar-refractivity contribution in [1.82, 2.24) is 10.2 Å². The van der Waals surface area contributed by atoms with Crippen LogP contribution in [-0.2, 0) is 25.5 Å². The van der Waals surface area contributed by atoms with Crippen molar-refractivity contribution in [3.8, 4) is 0 Å². The molecule has 2 aromatic carbocycles. The number of amides is 1. The van der Waals surface area contributed by atoms with Crippen molar-refractivity contribution >= 4 is 34.4 Å². The monoisotopic (exact) mass is 411 g/mol. The molecule has 0 radical (unpaired) electrons. The fraction of sp³-hybridized carbons (Fsp3) is 0.273. The Hall–Kier alpha value is -3.68. The van der Waals surface area contributed by atoms with Gasteiger partial charge in [-0.3, -0.25) is 14.7 Å². The summed E-state index contributed by atoms with van der Waals surface area (Å²) in [6.07, 6.45) is 0.159. The summed E-state index contributed by atoms with van der Waals surface area (Å²) in [5.74, 6) is -0.896. The molecule has 3 aromatic rings. The maximum Gasteiger partial charge on any atom is 0.359 e. The summed E-state index contributed by atoms with van der Waals surface area (Å²) in [5.41, 5.74) is 4.76. The molecule has 0 spiro atoms. The number of carbonyl (C=O) groups is 3. The van der Waals surface area contributed by atoms with Crippen LogP contribution in [0.4, 0.5) is 5.69 Å². The molecule has 0 aliphatic carbocycles. The number of hydrogen-bond donors (Lipinski definition) is 2. The molecule has 1 aromatic heterocycles. The van der Waals surface area contributed by atoms with E-state index >= 15 is 0 Å². The van der Waals surface area contributed by atoms with Crippen molar-refractivity contribution in [3.63, 3.8) is 0 Å². The molecule has 0 atom stereocenters. The largest absolute Gasteiger partial charge is 0.469 e. The smallest absolute Gasteiger partial charge is 0.359 e. The Labute approximate surface area is 174 Å². The van der Waals surface area contributed by atoms with Crippen LogP contribution in [-0.4, -0.2) is 42.3 Å². The van der Waals surface area contributed by atoms with Gasteiger partial charge in [0.2, 0.25) is 5.91 Å². The van der Waals surface area contributed by atoms with Gasteiger partial charge in [0.1, 0.15) is 0 Å². The molecule has 2 N–H and O–H groups in total. The number of benzene rings is 2. The third-order valence-electron chi connectivity index (χ3n) is 4.24. The quantitative estimate of drug-likeness (QED) is 0.637. The van der Waals surface area contributed by atoms with Crippen LogP contribution >= 0.6 is 0 Å². The fourth-order valence-electron chi connectivity index (χ4n) is 2.76. The normalized spacial score (nSPS) is 10.0. The minimum Gasteiger partial charge on any atom is -0.469 e. The number of anilines is 1. The maximum atomic E-state index is 11.3. The van der Waals surface area contributed by atoms with Crippen LogP contribution in [0.3, 0.4) is 0 Å². The van der Waals surface area contributed by atoms with Crippen LogP contribution in [0.5, 0.6) is 0 Å². The summed E-state index contributed by atoms with van der Waals surface area (Å²) < 4.78 is 9.20. The number of methoxy groups -OCH3 is 2. The van der Waals surface area contributed by atoms with Gasteiger partial charge in [0, 0.05) is 18.0 Å². The standard InChI is InChI=1S/C12H15NO3.C10H10N2O2/c1-8-4-5-10(7-12(15)16-3)11(6-8)13-9(2)14;1-6-3-4-7-8(5-6)11-12-9(7)10(13)14-2/h4-6H,7H2,1-3H3,(H,13,14);3-5H,1-2H3,(H,11,12). The number of nitrogens with one attached hydrogen (secondary N) is 2. The molecule has 0 aliphatic heterocycles. The first kappa shape index (κ1) is 22.6. The van der Waals surface area contributed by atoms with Gasteiger partial charge in [-0.05, 0) is 42.7 Å². The number of aryl methyl sites for hydroxylation is 2. The number of hydrogen-bond acceptors (Lipinski definition) is 6. The number of fused-ring (bicyclic) bond motifs is 1. The van der Waals surface area contributed by atoms with Crippen molar-refractivity contribution in [2.45, 2.75) is 27.2 Å². The first-order valence-electron chi connectivity index (χ1n) is 9.22. The zero-order valence-corrected chi connectivity index (χ0v) is 17.7. The van der Waals surface area contributed by atoms with Crippen molar-refractivity contribution in [2.75, 3.05) is 19.5 Å². The molecule has 8 heteroatoms. The molecule has 158 valence electrons. The van der Waals surface area contributed by atoms with E-state index in [0.717, 1.165) is 27.6 Å². The third-order valence-corrected chi connectivity index (χ3v) is 4.24. The lowest BCUT2D eigenvalue weighted by molar-refractivity contribution is -0.139. The summed E-state index contributed by atoms with van der Waals surface area (Å²) in [7, 11) is 2.69. The van der Waals surface area contributed by atoms with E-state index in [9.17, 15) is 14.4 Å². The number of H-pyrrole nitrogens is 1. The third kappa shape index (κ3) is 5.91. The Kier molecular flexibility index (Phi) is 7.69. The molecule has 3 rings (SSSR count). The van der Waals surface area contributed by atoms with Gasteiger partial charge in [-0.15, -0.1) is 0 Å². The molecule has 0 saturated heterocycles. The number of aromatic nitrogens is 2. The van der Waals surface area contributed by atoms with Gasteiger partial charge in [0.05, 0.1) is 26.2 Å². The first-order chi connectivity index (χ1) is 14.2. The highest BCUT2D eigenvalue weighted by atomic mass is 16.5. The molecule has 1 heterocycles. The lowest BCUT2D eigenvalue weighted by atomic mass is 10.1. The van der Waals surface area contributed by atoms with E-state index in [1.54, 1.807) is 0 Å². The maximum absolute atomic E-state index is 11.3. The van der Waals surface area contributed by atoms with E-state index in [-0.39, 0.29) is 18.3 Å². The Balaban J connectivity index is 0.000000215. The van der Waals surface area contributed by atoms with Gasteiger partial charge < -0.3 is 14.8 Å². The molecule has 0 saturated carbocycles. The summed E-state index contributed by atoms with van der Waals surface area (Å²) in [5, 5.41) is 10.2. The van der Waals surface area contributed by atoms with Crippen LogP contribution in [0.25, 0.3) is 10.9 Å². The lowest BCUT2D eigenvalue weighted by Gasteiger charge is -2.10. The van der Waals surface area contributed by atoms with E-state index in [2.05, 4.69) is 25.0 Å². The second kappa shape index (κ2) is 10.2. The molecule has 0 aliphatic rings. The average Bonchev–Trinajstić information content (AvgIpc) is 3.12. The Bertz CT molecular complexity index is 1070. The van der Waals surface area contributed by atoms with Crippen molar-refractivity contribution in [1.29, 1.82) is 0 Å². The highest BCUT2D eigenvalue weighted by molar-refractivity contribution is 6.01. The Morgan fingerprint density at radius 3 is 2.30 bits per heavy atom. The molecule has 1 amide bonds. The highest BCUT2D eigenvalue weighted by Gasteiger charge is 2.13.